The predicted molar refractivity (Wildman–Crippen MR) is 110 cm³/mol. The van der Waals surface area contributed by atoms with Crippen LogP contribution in [0.3, 0.4) is 0 Å². The van der Waals surface area contributed by atoms with Gasteiger partial charge in [-0.2, -0.15) is 0 Å². The summed E-state index contributed by atoms with van der Waals surface area (Å²) in [7, 11) is 1.52. The fourth-order valence-corrected chi connectivity index (χ4v) is 3.53. The number of benzene rings is 2. The number of likely N-dealkylation sites (tertiary alicyclic amines) is 1. The fourth-order valence-electron chi connectivity index (χ4n) is 3.41. The average molecular weight is 431 g/mol. The minimum Gasteiger partial charge on any atom is -0.507 e. The van der Waals surface area contributed by atoms with Crippen molar-refractivity contribution in [3.63, 3.8) is 0 Å². The van der Waals surface area contributed by atoms with Crippen molar-refractivity contribution in [3.05, 3.63) is 80.4 Å². The second kappa shape index (κ2) is 9.06. The van der Waals surface area contributed by atoms with E-state index in [1.807, 2.05) is 0 Å². The zero-order valence-electron chi connectivity index (χ0n) is 16.1. The number of nitro benzene ring substituents is 1. The summed E-state index contributed by atoms with van der Waals surface area (Å²) in [5.41, 5.74) is 0.364. The molecule has 0 radical (unpaired) electrons. The molecule has 2 aromatic rings. The maximum Gasteiger partial charge on any atom is 0.295 e. The number of ketones is 1. The monoisotopic (exact) mass is 430 g/mol. The van der Waals surface area contributed by atoms with E-state index in [1.165, 1.54) is 42.3 Å². The molecule has 1 fully saturated rings. The number of ether oxygens (including phenoxy) is 1. The van der Waals surface area contributed by atoms with Crippen molar-refractivity contribution in [2.75, 3.05) is 20.3 Å². The lowest BCUT2D eigenvalue weighted by Crippen LogP contribution is -2.31. The van der Waals surface area contributed by atoms with Crippen LogP contribution in [0.25, 0.3) is 5.76 Å². The second-order valence-corrected chi connectivity index (χ2v) is 7.13. The van der Waals surface area contributed by atoms with E-state index in [-0.39, 0.29) is 23.6 Å². The topological polar surface area (TPSA) is 110 Å². The molecule has 0 aromatic heterocycles. The van der Waals surface area contributed by atoms with Gasteiger partial charge in [0.2, 0.25) is 0 Å². The van der Waals surface area contributed by atoms with Crippen molar-refractivity contribution in [2.24, 2.45) is 0 Å². The van der Waals surface area contributed by atoms with E-state index >= 15 is 0 Å². The van der Waals surface area contributed by atoms with Gasteiger partial charge in [-0.3, -0.25) is 19.7 Å². The Hall–Kier alpha value is -3.23. The van der Waals surface area contributed by atoms with Gasteiger partial charge in [-0.05, 0) is 36.2 Å². The third kappa shape index (κ3) is 4.19. The van der Waals surface area contributed by atoms with Crippen LogP contribution in [0.4, 0.5) is 5.69 Å². The molecular formula is C21H19ClN2O6. The van der Waals surface area contributed by atoms with Crippen LogP contribution >= 0.6 is 11.6 Å². The zero-order valence-corrected chi connectivity index (χ0v) is 16.8. The smallest absolute Gasteiger partial charge is 0.295 e. The van der Waals surface area contributed by atoms with Crippen molar-refractivity contribution in [1.82, 2.24) is 4.90 Å². The molecule has 1 aliphatic heterocycles. The highest BCUT2D eigenvalue weighted by molar-refractivity contribution is 6.46. The van der Waals surface area contributed by atoms with E-state index in [0.29, 0.717) is 29.2 Å². The highest BCUT2D eigenvalue weighted by Crippen LogP contribution is 2.40. The molecule has 3 rings (SSSR count). The molecule has 1 atom stereocenters. The Morgan fingerprint density at radius 1 is 1.23 bits per heavy atom. The standard InChI is InChI=1S/C21H19ClN2O6/c1-30-11-3-10-23-18(14-4-2-5-16(12-14)24(28)29)17(20(26)21(23)27)19(25)13-6-8-15(22)9-7-13/h2,4-9,12,18,25H,3,10-11H2,1H3/b19-17+/t18-/m0/s1. The summed E-state index contributed by atoms with van der Waals surface area (Å²) in [5, 5.41) is 22.5. The Bertz CT molecular complexity index is 1020. The fraction of sp³-hybridized carbons (Fsp3) is 0.238. The molecule has 1 amide bonds. The first-order valence-corrected chi connectivity index (χ1v) is 9.50. The maximum absolute atomic E-state index is 12.8. The molecule has 1 heterocycles. The largest absolute Gasteiger partial charge is 0.507 e. The van der Waals surface area contributed by atoms with Gasteiger partial charge in [0, 0.05) is 43.0 Å². The Labute approximate surface area is 177 Å². The summed E-state index contributed by atoms with van der Waals surface area (Å²) in [5.74, 6) is -2.00. The van der Waals surface area contributed by atoms with Gasteiger partial charge in [-0.15, -0.1) is 0 Å². The number of amides is 1. The van der Waals surface area contributed by atoms with Crippen molar-refractivity contribution < 1.29 is 24.4 Å². The van der Waals surface area contributed by atoms with Gasteiger partial charge >= 0.3 is 0 Å². The molecule has 9 heteroatoms. The lowest BCUT2D eigenvalue weighted by atomic mass is 9.95. The van der Waals surface area contributed by atoms with Crippen molar-refractivity contribution in [2.45, 2.75) is 12.5 Å². The lowest BCUT2D eigenvalue weighted by Gasteiger charge is -2.25. The van der Waals surface area contributed by atoms with Gasteiger partial charge in [0.05, 0.1) is 16.5 Å². The first-order valence-electron chi connectivity index (χ1n) is 9.12. The van der Waals surface area contributed by atoms with Crippen molar-refractivity contribution in [3.8, 4) is 0 Å². The van der Waals surface area contributed by atoms with E-state index in [4.69, 9.17) is 16.3 Å². The summed E-state index contributed by atoms with van der Waals surface area (Å²) >= 11 is 5.89. The quantitative estimate of drug-likeness (QED) is 0.179. The minimum atomic E-state index is -0.961. The second-order valence-electron chi connectivity index (χ2n) is 6.70. The number of nitrogens with zero attached hydrogens (tertiary/aromatic N) is 2. The summed E-state index contributed by atoms with van der Waals surface area (Å²) in [6.07, 6.45) is 0.454. The molecule has 1 aliphatic rings. The third-order valence-electron chi connectivity index (χ3n) is 4.80. The number of non-ortho nitro benzene ring substituents is 1. The van der Waals surface area contributed by atoms with Gasteiger partial charge in [0.25, 0.3) is 17.4 Å². The van der Waals surface area contributed by atoms with Crippen LogP contribution in [0.2, 0.25) is 5.02 Å². The number of methoxy groups -OCH3 is 1. The summed E-state index contributed by atoms with van der Waals surface area (Å²) in [6.45, 7) is 0.547. The van der Waals surface area contributed by atoms with E-state index < -0.39 is 22.7 Å². The first-order chi connectivity index (χ1) is 14.3. The highest BCUT2D eigenvalue weighted by Gasteiger charge is 2.46. The van der Waals surface area contributed by atoms with Crippen LogP contribution in [-0.2, 0) is 14.3 Å². The van der Waals surface area contributed by atoms with Gasteiger partial charge in [0.15, 0.2) is 0 Å². The molecular weight excluding hydrogens is 412 g/mol. The SMILES string of the molecule is COCCCN1C(=O)C(=O)/C(=C(/O)c2ccc(Cl)cc2)[C@@H]1c1cccc([N+](=O)[O-])c1. The lowest BCUT2D eigenvalue weighted by molar-refractivity contribution is -0.384. The summed E-state index contributed by atoms with van der Waals surface area (Å²) in [4.78, 5) is 37.5. The number of aliphatic hydroxyl groups excluding tert-OH is 1. The number of aliphatic hydroxyl groups is 1. The molecule has 0 bridgehead atoms. The van der Waals surface area contributed by atoms with Crippen LogP contribution < -0.4 is 0 Å². The first kappa shape index (κ1) is 21.5. The number of hydrogen-bond acceptors (Lipinski definition) is 6. The number of carbonyl (C=O) groups excluding carboxylic acids is 2. The number of carbonyl (C=O) groups is 2. The molecule has 156 valence electrons. The molecule has 0 saturated carbocycles. The number of hydrogen-bond donors (Lipinski definition) is 1. The molecule has 30 heavy (non-hydrogen) atoms. The van der Waals surface area contributed by atoms with Crippen LogP contribution in [0.15, 0.2) is 54.1 Å². The van der Waals surface area contributed by atoms with Crippen molar-refractivity contribution in [1.29, 1.82) is 0 Å². The van der Waals surface area contributed by atoms with Gasteiger partial charge in [-0.25, -0.2) is 0 Å². The van der Waals surface area contributed by atoms with E-state index in [2.05, 4.69) is 0 Å². The van der Waals surface area contributed by atoms with Crippen molar-refractivity contribution >= 4 is 34.7 Å². The third-order valence-corrected chi connectivity index (χ3v) is 5.05. The number of halogens is 1. The van der Waals surface area contributed by atoms with Crippen LogP contribution in [-0.4, -0.2) is 46.9 Å². The number of nitro groups is 1. The molecule has 0 unspecified atom stereocenters. The minimum absolute atomic E-state index is 0.125. The molecule has 0 aliphatic carbocycles. The average Bonchev–Trinajstić information content (AvgIpc) is 2.99. The van der Waals surface area contributed by atoms with E-state index in [0.717, 1.165) is 0 Å². The van der Waals surface area contributed by atoms with Crippen LogP contribution in [0.1, 0.15) is 23.6 Å². The molecule has 1 N–H and O–H groups in total. The zero-order chi connectivity index (χ0) is 21.8. The maximum atomic E-state index is 12.8. The number of rotatable bonds is 7. The van der Waals surface area contributed by atoms with Crippen LogP contribution in [0.5, 0.6) is 0 Å². The molecule has 2 aromatic carbocycles. The number of Topliss-reactive ketones (excluding diaryl/α,β-unsaturated/α-hetero) is 1. The Morgan fingerprint density at radius 2 is 1.93 bits per heavy atom. The Morgan fingerprint density at radius 3 is 2.57 bits per heavy atom. The normalized spacial score (nSPS) is 18.1. The Kier molecular flexibility index (Phi) is 6.49. The van der Waals surface area contributed by atoms with Gasteiger partial charge < -0.3 is 14.7 Å². The van der Waals surface area contributed by atoms with Gasteiger partial charge in [0.1, 0.15) is 5.76 Å². The molecule has 1 saturated heterocycles. The van der Waals surface area contributed by atoms with Gasteiger partial charge in [-0.1, -0.05) is 23.7 Å². The summed E-state index contributed by atoms with van der Waals surface area (Å²) in [6, 6.07) is 10.9. The van der Waals surface area contributed by atoms with Crippen LogP contribution in [0, 0.1) is 10.1 Å². The predicted octanol–water partition coefficient (Wildman–Crippen LogP) is 3.71. The summed E-state index contributed by atoms with van der Waals surface area (Å²) < 4.78 is 5.02. The van der Waals surface area contributed by atoms with E-state index in [1.54, 1.807) is 18.2 Å². The Balaban J connectivity index is 2.15. The highest BCUT2D eigenvalue weighted by atomic mass is 35.5. The molecule has 0 spiro atoms. The molecule has 8 nitrogen and oxygen atoms in total. The van der Waals surface area contributed by atoms with E-state index in [9.17, 15) is 24.8 Å².